The maximum atomic E-state index is 11.5. The summed E-state index contributed by atoms with van der Waals surface area (Å²) in [6.07, 6.45) is 5.25. The maximum Gasteiger partial charge on any atom is 0.283 e. The first-order valence-electron chi connectivity index (χ1n) is 5.24. The van der Waals surface area contributed by atoms with E-state index in [1.807, 2.05) is 0 Å². The molecule has 1 saturated carbocycles. The van der Waals surface area contributed by atoms with Gasteiger partial charge in [0.1, 0.15) is 5.37 Å². The Bertz CT molecular complexity index is 257. The van der Waals surface area contributed by atoms with Crippen molar-refractivity contribution in [3.8, 4) is 0 Å². The van der Waals surface area contributed by atoms with Crippen molar-refractivity contribution in [1.82, 2.24) is 0 Å². The molecule has 0 heterocycles. The molecule has 5 heteroatoms. The molecular formula is C9H19NO3S. The molecule has 0 radical (unpaired) electrons. The Morgan fingerprint density at radius 2 is 1.93 bits per heavy atom. The lowest BCUT2D eigenvalue weighted by atomic mass is 9.98. The fourth-order valence-electron chi connectivity index (χ4n) is 1.63. The molecule has 0 aromatic rings. The van der Waals surface area contributed by atoms with E-state index in [9.17, 15) is 8.42 Å². The first-order chi connectivity index (χ1) is 6.56. The summed E-state index contributed by atoms with van der Waals surface area (Å²) >= 11 is 0. The summed E-state index contributed by atoms with van der Waals surface area (Å²) in [7, 11) is -3.53. The molecule has 0 aromatic carbocycles. The molecule has 1 aliphatic carbocycles. The van der Waals surface area contributed by atoms with Crippen LogP contribution in [0.3, 0.4) is 0 Å². The van der Waals surface area contributed by atoms with E-state index >= 15 is 0 Å². The van der Waals surface area contributed by atoms with E-state index in [2.05, 4.69) is 0 Å². The molecule has 1 aliphatic rings. The fraction of sp³-hybridized carbons (Fsp3) is 1.00. The van der Waals surface area contributed by atoms with Crippen molar-refractivity contribution in [3.63, 3.8) is 0 Å². The first-order valence-corrected chi connectivity index (χ1v) is 6.71. The summed E-state index contributed by atoms with van der Waals surface area (Å²) < 4.78 is 28.0. The van der Waals surface area contributed by atoms with Crippen LogP contribution in [-0.2, 0) is 14.3 Å². The standard InChI is InChI=1S/C9H19NO3S/c1-2-9(10)14(11,12)13-8-6-4-3-5-7-8/h8-9H,2-7,10H2,1H3. The molecule has 4 nitrogen and oxygen atoms in total. The van der Waals surface area contributed by atoms with Crippen molar-refractivity contribution in [2.75, 3.05) is 0 Å². The van der Waals surface area contributed by atoms with E-state index in [-0.39, 0.29) is 6.10 Å². The van der Waals surface area contributed by atoms with Crippen LogP contribution < -0.4 is 5.73 Å². The highest BCUT2D eigenvalue weighted by atomic mass is 32.2. The van der Waals surface area contributed by atoms with Gasteiger partial charge >= 0.3 is 0 Å². The zero-order valence-corrected chi connectivity index (χ0v) is 9.42. The summed E-state index contributed by atoms with van der Waals surface area (Å²) in [5, 5.41) is -0.871. The Kier molecular flexibility index (Phi) is 4.34. The molecule has 1 fully saturated rings. The zero-order valence-electron chi connectivity index (χ0n) is 8.61. The van der Waals surface area contributed by atoms with Gasteiger partial charge in [-0.15, -0.1) is 0 Å². The predicted molar refractivity (Wildman–Crippen MR) is 55.1 cm³/mol. The van der Waals surface area contributed by atoms with Crippen molar-refractivity contribution in [2.45, 2.75) is 56.9 Å². The minimum atomic E-state index is -3.53. The van der Waals surface area contributed by atoms with Crippen LogP contribution in [0.4, 0.5) is 0 Å². The van der Waals surface area contributed by atoms with E-state index in [1.165, 1.54) is 6.42 Å². The van der Waals surface area contributed by atoms with Crippen LogP contribution >= 0.6 is 0 Å². The lowest BCUT2D eigenvalue weighted by Gasteiger charge is -2.22. The van der Waals surface area contributed by atoms with Crippen molar-refractivity contribution in [2.24, 2.45) is 5.73 Å². The Hall–Kier alpha value is -0.130. The zero-order chi connectivity index (χ0) is 10.6. The summed E-state index contributed by atoms with van der Waals surface area (Å²) in [6.45, 7) is 1.74. The van der Waals surface area contributed by atoms with Gasteiger partial charge in [-0.3, -0.25) is 4.18 Å². The lowest BCUT2D eigenvalue weighted by Crippen LogP contribution is -2.34. The van der Waals surface area contributed by atoms with Gasteiger partial charge in [-0.25, -0.2) is 0 Å². The van der Waals surface area contributed by atoms with Crippen LogP contribution in [0.1, 0.15) is 45.4 Å². The Balaban J connectivity index is 2.49. The Labute approximate surface area is 85.9 Å². The second-order valence-corrected chi connectivity index (χ2v) is 5.58. The molecule has 0 spiro atoms. The molecule has 14 heavy (non-hydrogen) atoms. The third-order valence-corrected chi connectivity index (χ3v) is 4.21. The predicted octanol–water partition coefficient (Wildman–Crippen LogP) is 1.36. The summed E-state index contributed by atoms with van der Waals surface area (Å²) in [6, 6.07) is 0. The van der Waals surface area contributed by atoms with Crippen LogP contribution in [-0.4, -0.2) is 19.9 Å². The fourth-order valence-corrected chi connectivity index (χ4v) is 2.75. The van der Waals surface area contributed by atoms with Gasteiger partial charge in [0, 0.05) is 0 Å². The molecule has 0 aromatic heterocycles. The largest absolute Gasteiger partial charge is 0.313 e. The third kappa shape index (κ3) is 3.22. The van der Waals surface area contributed by atoms with E-state index in [4.69, 9.17) is 9.92 Å². The number of nitrogens with two attached hydrogens (primary N) is 1. The molecule has 0 amide bonds. The number of hydrogen-bond acceptors (Lipinski definition) is 4. The highest BCUT2D eigenvalue weighted by Gasteiger charge is 2.26. The quantitative estimate of drug-likeness (QED) is 0.728. The SMILES string of the molecule is CCC(N)S(=O)(=O)OC1CCCCC1. The van der Waals surface area contributed by atoms with Gasteiger partial charge in [0.15, 0.2) is 0 Å². The molecular weight excluding hydrogens is 202 g/mol. The second-order valence-electron chi connectivity index (χ2n) is 3.80. The topological polar surface area (TPSA) is 69.4 Å². The highest BCUT2D eigenvalue weighted by molar-refractivity contribution is 7.87. The first kappa shape index (κ1) is 11.9. The van der Waals surface area contributed by atoms with Crippen LogP contribution in [0.2, 0.25) is 0 Å². The van der Waals surface area contributed by atoms with Gasteiger partial charge in [-0.1, -0.05) is 26.2 Å². The smallest absolute Gasteiger partial charge is 0.283 e. The highest BCUT2D eigenvalue weighted by Crippen LogP contribution is 2.22. The van der Waals surface area contributed by atoms with E-state index < -0.39 is 15.5 Å². The molecule has 2 N–H and O–H groups in total. The van der Waals surface area contributed by atoms with Crippen molar-refractivity contribution in [3.05, 3.63) is 0 Å². The van der Waals surface area contributed by atoms with Crippen LogP contribution in [0.25, 0.3) is 0 Å². The molecule has 0 bridgehead atoms. The van der Waals surface area contributed by atoms with Gasteiger partial charge in [-0.05, 0) is 19.3 Å². The summed E-state index contributed by atoms with van der Waals surface area (Å²) in [5.74, 6) is 0. The minimum absolute atomic E-state index is 0.133. The molecule has 1 unspecified atom stereocenters. The van der Waals surface area contributed by atoms with Crippen molar-refractivity contribution in [1.29, 1.82) is 0 Å². The maximum absolute atomic E-state index is 11.5. The third-order valence-electron chi connectivity index (χ3n) is 2.60. The van der Waals surface area contributed by atoms with Gasteiger partial charge in [0.05, 0.1) is 6.10 Å². The molecule has 84 valence electrons. The van der Waals surface area contributed by atoms with E-state index in [1.54, 1.807) is 6.92 Å². The molecule has 0 saturated heterocycles. The molecule has 1 rings (SSSR count). The van der Waals surface area contributed by atoms with Crippen LogP contribution in [0, 0.1) is 0 Å². The van der Waals surface area contributed by atoms with Gasteiger partial charge in [0.25, 0.3) is 10.1 Å². The van der Waals surface area contributed by atoms with Crippen LogP contribution in [0.5, 0.6) is 0 Å². The number of hydrogen-bond donors (Lipinski definition) is 1. The average Bonchev–Trinajstić information content (AvgIpc) is 2.17. The minimum Gasteiger partial charge on any atom is -0.313 e. The summed E-state index contributed by atoms with van der Waals surface area (Å²) in [5.41, 5.74) is 5.45. The van der Waals surface area contributed by atoms with Gasteiger partial charge < -0.3 is 5.73 Å². The van der Waals surface area contributed by atoms with Crippen LogP contribution in [0.15, 0.2) is 0 Å². The van der Waals surface area contributed by atoms with Crippen molar-refractivity contribution >= 4 is 10.1 Å². The van der Waals surface area contributed by atoms with Crippen molar-refractivity contribution < 1.29 is 12.6 Å². The molecule has 0 aliphatic heterocycles. The Morgan fingerprint density at radius 3 is 2.43 bits per heavy atom. The van der Waals surface area contributed by atoms with Gasteiger partial charge in [0.2, 0.25) is 0 Å². The Morgan fingerprint density at radius 1 is 1.36 bits per heavy atom. The average molecular weight is 221 g/mol. The normalized spacial score (nSPS) is 22.1. The lowest BCUT2D eigenvalue weighted by molar-refractivity contribution is 0.159. The number of rotatable bonds is 4. The van der Waals surface area contributed by atoms with E-state index in [0.717, 1.165) is 25.7 Å². The van der Waals surface area contributed by atoms with E-state index in [0.29, 0.717) is 6.42 Å². The second kappa shape index (κ2) is 5.09. The summed E-state index contributed by atoms with van der Waals surface area (Å²) in [4.78, 5) is 0. The molecule has 1 atom stereocenters. The van der Waals surface area contributed by atoms with Gasteiger partial charge in [-0.2, -0.15) is 8.42 Å². The monoisotopic (exact) mass is 221 g/mol.